The molecule has 0 aliphatic rings. The predicted molar refractivity (Wildman–Crippen MR) is 78.6 cm³/mol. The lowest BCUT2D eigenvalue weighted by molar-refractivity contribution is 0.415. The van der Waals surface area contributed by atoms with Crippen molar-refractivity contribution in [2.75, 3.05) is 7.11 Å². The van der Waals surface area contributed by atoms with E-state index in [1.807, 2.05) is 18.2 Å². The van der Waals surface area contributed by atoms with Crippen LogP contribution < -0.4 is 4.74 Å². The summed E-state index contributed by atoms with van der Waals surface area (Å²) in [7, 11) is 1.68. The predicted octanol–water partition coefficient (Wildman–Crippen LogP) is 5.20. The van der Waals surface area contributed by atoms with Crippen LogP contribution in [-0.4, -0.2) is 7.11 Å². The average molecular weight is 356 g/mol. The topological polar surface area (TPSA) is 9.23 Å². The van der Waals surface area contributed by atoms with Crippen LogP contribution in [0, 0.1) is 6.92 Å². The zero-order valence-corrected chi connectivity index (χ0v) is 12.8. The van der Waals surface area contributed by atoms with Gasteiger partial charge in [-0.3, -0.25) is 0 Å². The number of halogens is 2. The third-order valence-electron chi connectivity index (χ3n) is 2.66. The zero-order valence-electron chi connectivity index (χ0n) is 9.63. The fraction of sp³-hybridized carbons (Fsp3) is 0.143. The van der Waals surface area contributed by atoms with Crippen LogP contribution in [0.15, 0.2) is 45.3 Å². The third-order valence-corrected chi connectivity index (χ3v) is 4.40. The molecule has 88 valence electrons. The highest BCUT2D eigenvalue weighted by atomic mass is 79.9. The standard InChI is InChI=1S/C14H12Br2O/c1-9-4-3-5-11(14(9)16)12-8-10(17-2)6-7-13(12)15/h3-8H,1-2H3. The Bertz CT molecular complexity index is 550. The number of rotatable bonds is 2. The molecule has 0 aliphatic carbocycles. The molecular formula is C14H12Br2O. The van der Waals surface area contributed by atoms with Crippen molar-refractivity contribution in [1.29, 1.82) is 0 Å². The molecule has 0 N–H and O–H groups in total. The Morgan fingerprint density at radius 3 is 2.47 bits per heavy atom. The fourth-order valence-corrected chi connectivity index (χ4v) is 2.63. The molecule has 0 aromatic heterocycles. The van der Waals surface area contributed by atoms with Crippen molar-refractivity contribution in [3.8, 4) is 16.9 Å². The first-order chi connectivity index (χ1) is 8.13. The Morgan fingerprint density at radius 1 is 1.00 bits per heavy atom. The van der Waals surface area contributed by atoms with Crippen LogP contribution in [0.2, 0.25) is 0 Å². The van der Waals surface area contributed by atoms with E-state index in [0.717, 1.165) is 25.8 Å². The van der Waals surface area contributed by atoms with Gasteiger partial charge in [0.15, 0.2) is 0 Å². The maximum atomic E-state index is 5.27. The molecule has 0 bridgehead atoms. The van der Waals surface area contributed by atoms with E-state index < -0.39 is 0 Å². The summed E-state index contributed by atoms with van der Waals surface area (Å²) in [6.07, 6.45) is 0. The molecule has 0 saturated heterocycles. The lowest BCUT2D eigenvalue weighted by Gasteiger charge is -2.11. The summed E-state index contributed by atoms with van der Waals surface area (Å²) in [6, 6.07) is 12.2. The second-order valence-electron chi connectivity index (χ2n) is 3.78. The van der Waals surface area contributed by atoms with Crippen LogP contribution >= 0.6 is 31.9 Å². The van der Waals surface area contributed by atoms with Gasteiger partial charge in [-0.25, -0.2) is 0 Å². The van der Waals surface area contributed by atoms with E-state index in [1.54, 1.807) is 7.11 Å². The van der Waals surface area contributed by atoms with E-state index in [-0.39, 0.29) is 0 Å². The maximum Gasteiger partial charge on any atom is 0.119 e. The SMILES string of the molecule is COc1ccc(Br)c(-c2cccc(C)c2Br)c1. The van der Waals surface area contributed by atoms with Crippen molar-refractivity contribution in [3.63, 3.8) is 0 Å². The molecule has 2 aromatic rings. The molecule has 17 heavy (non-hydrogen) atoms. The fourth-order valence-electron chi connectivity index (χ4n) is 1.69. The molecule has 0 fully saturated rings. The number of aryl methyl sites for hydroxylation is 1. The highest BCUT2D eigenvalue weighted by molar-refractivity contribution is 9.11. The van der Waals surface area contributed by atoms with Gasteiger partial charge in [0.2, 0.25) is 0 Å². The van der Waals surface area contributed by atoms with Crippen molar-refractivity contribution in [3.05, 3.63) is 50.9 Å². The molecule has 0 unspecified atom stereocenters. The Balaban J connectivity index is 2.63. The zero-order chi connectivity index (χ0) is 12.4. The summed E-state index contributed by atoms with van der Waals surface area (Å²) in [5, 5.41) is 0. The van der Waals surface area contributed by atoms with Gasteiger partial charge in [-0.15, -0.1) is 0 Å². The number of ether oxygens (including phenoxy) is 1. The maximum absolute atomic E-state index is 5.27. The first kappa shape index (κ1) is 12.7. The largest absolute Gasteiger partial charge is 0.497 e. The molecule has 0 heterocycles. The van der Waals surface area contributed by atoms with Crippen LogP contribution in [-0.2, 0) is 0 Å². The molecule has 2 rings (SSSR count). The minimum Gasteiger partial charge on any atom is -0.497 e. The average Bonchev–Trinajstić information content (AvgIpc) is 2.34. The second kappa shape index (κ2) is 5.23. The number of hydrogen-bond acceptors (Lipinski definition) is 1. The van der Waals surface area contributed by atoms with Crippen molar-refractivity contribution < 1.29 is 4.74 Å². The Labute approximate surface area is 118 Å². The lowest BCUT2D eigenvalue weighted by Crippen LogP contribution is -1.87. The molecular weight excluding hydrogens is 344 g/mol. The van der Waals surface area contributed by atoms with Gasteiger partial charge in [0, 0.05) is 14.5 Å². The smallest absolute Gasteiger partial charge is 0.119 e. The molecule has 0 spiro atoms. The molecule has 1 nitrogen and oxygen atoms in total. The highest BCUT2D eigenvalue weighted by Crippen LogP contribution is 2.37. The van der Waals surface area contributed by atoms with Gasteiger partial charge in [-0.05, 0) is 52.2 Å². The molecule has 3 heteroatoms. The van der Waals surface area contributed by atoms with E-state index in [0.29, 0.717) is 0 Å². The van der Waals surface area contributed by atoms with Gasteiger partial charge in [0.05, 0.1) is 7.11 Å². The van der Waals surface area contributed by atoms with E-state index in [4.69, 9.17) is 4.74 Å². The summed E-state index contributed by atoms with van der Waals surface area (Å²) in [5.41, 5.74) is 3.51. The van der Waals surface area contributed by atoms with Gasteiger partial charge >= 0.3 is 0 Å². The van der Waals surface area contributed by atoms with Crippen molar-refractivity contribution in [2.45, 2.75) is 6.92 Å². The first-order valence-corrected chi connectivity index (χ1v) is 6.81. The second-order valence-corrected chi connectivity index (χ2v) is 5.43. The Kier molecular flexibility index (Phi) is 3.89. The van der Waals surface area contributed by atoms with Crippen LogP contribution in [0.5, 0.6) is 5.75 Å². The first-order valence-electron chi connectivity index (χ1n) is 5.22. The summed E-state index contributed by atoms with van der Waals surface area (Å²) in [6.45, 7) is 2.08. The lowest BCUT2D eigenvalue weighted by atomic mass is 10.0. The van der Waals surface area contributed by atoms with Crippen LogP contribution in [0.25, 0.3) is 11.1 Å². The summed E-state index contributed by atoms with van der Waals surface area (Å²) >= 11 is 7.21. The Morgan fingerprint density at radius 2 is 1.76 bits per heavy atom. The normalized spacial score (nSPS) is 10.4. The minimum atomic E-state index is 0.858. The highest BCUT2D eigenvalue weighted by Gasteiger charge is 2.09. The van der Waals surface area contributed by atoms with Gasteiger partial charge in [-0.1, -0.05) is 34.1 Å². The van der Waals surface area contributed by atoms with Crippen LogP contribution in [0.1, 0.15) is 5.56 Å². The molecule has 0 saturated carbocycles. The van der Waals surface area contributed by atoms with Crippen molar-refractivity contribution in [2.24, 2.45) is 0 Å². The van der Waals surface area contributed by atoms with Gasteiger partial charge in [-0.2, -0.15) is 0 Å². The number of methoxy groups -OCH3 is 1. The van der Waals surface area contributed by atoms with Gasteiger partial charge in [0.25, 0.3) is 0 Å². The molecule has 0 aliphatic heterocycles. The van der Waals surface area contributed by atoms with E-state index in [1.165, 1.54) is 5.56 Å². The van der Waals surface area contributed by atoms with Crippen molar-refractivity contribution in [1.82, 2.24) is 0 Å². The summed E-state index contributed by atoms with van der Waals surface area (Å²) < 4.78 is 7.44. The molecule has 2 aromatic carbocycles. The van der Waals surface area contributed by atoms with Crippen LogP contribution in [0.3, 0.4) is 0 Å². The molecule has 0 radical (unpaired) electrons. The van der Waals surface area contributed by atoms with Crippen molar-refractivity contribution >= 4 is 31.9 Å². The monoisotopic (exact) mass is 354 g/mol. The third kappa shape index (κ3) is 2.55. The molecule has 0 atom stereocenters. The quantitative estimate of drug-likeness (QED) is 0.719. The minimum absolute atomic E-state index is 0.858. The van der Waals surface area contributed by atoms with Gasteiger partial charge < -0.3 is 4.74 Å². The van der Waals surface area contributed by atoms with Gasteiger partial charge in [0.1, 0.15) is 5.75 Å². The Hall–Kier alpha value is -0.800. The van der Waals surface area contributed by atoms with E-state index in [9.17, 15) is 0 Å². The van der Waals surface area contributed by atoms with E-state index >= 15 is 0 Å². The summed E-state index contributed by atoms with van der Waals surface area (Å²) in [4.78, 5) is 0. The number of benzene rings is 2. The number of hydrogen-bond donors (Lipinski definition) is 0. The van der Waals surface area contributed by atoms with Crippen LogP contribution in [0.4, 0.5) is 0 Å². The molecule has 0 amide bonds. The summed E-state index contributed by atoms with van der Waals surface area (Å²) in [5.74, 6) is 0.858. The van der Waals surface area contributed by atoms with E-state index in [2.05, 4.69) is 57.0 Å².